The first-order chi connectivity index (χ1) is 11.5. The van der Waals surface area contributed by atoms with E-state index in [1.54, 1.807) is 20.8 Å². The summed E-state index contributed by atoms with van der Waals surface area (Å²) in [6.07, 6.45) is -1.74. The number of nitrogens with one attached hydrogen (secondary N) is 1. The molecule has 5 nitrogen and oxygen atoms in total. The summed E-state index contributed by atoms with van der Waals surface area (Å²) in [7, 11) is 0. The second-order valence-corrected chi connectivity index (χ2v) is 6.00. The van der Waals surface area contributed by atoms with Gasteiger partial charge in [-0.1, -0.05) is 13.8 Å². The van der Waals surface area contributed by atoms with Crippen LogP contribution < -0.4 is 5.32 Å². The molecule has 1 amide bonds. The van der Waals surface area contributed by atoms with Crippen molar-refractivity contribution in [1.29, 1.82) is 0 Å². The molecule has 0 aliphatic heterocycles. The maximum absolute atomic E-state index is 13.6. The fourth-order valence-electron chi connectivity index (χ4n) is 1.84. The average Bonchev–Trinajstić information content (AvgIpc) is 2.44. The Kier molecular flexibility index (Phi) is 9.01. The predicted molar refractivity (Wildman–Crippen MR) is 86.8 cm³/mol. The van der Waals surface area contributed by atoms with E-state index in [9.17, 15) is 22.8 Å². The van der Waals surface area contributed by atoms with Crippen LogP contribution in [-0.2, 0) is 16.0 Å². The SMILES string of the molecule is CC.CC(C)(C)OC(=O)N[C@@H](CC(=O)O)Cc1cc(F)c(F)cc1F. The number of carboxylic acids is 1. The lowest BCUT2D eigenvalue weighted by Gasteiger charge is -2.23. The Morgan fingerprint density at radius 3 is 2.12 bits per heavy atom. The smallest absolute Gasteiger partial charge is 0.407 e. The van der Waals surface area contributed by atoms with Gasteiger partial charge in [0.1, 0.15) is 11.4 Å². The molecule has 1 rings (SSSR count). The van der Waals surface area contributed by atoms with Crippen LogP contribution in [-0.4, -0.2) is 28.8 Å². The number of ether oxygens (including phenoxy) is 1. The third kappa shape index (κ3) is 8.97. The number of hydrogen-bond donors (Lipinski definition) is 2. The Balaban J connectivity index is 0.00000277. The molecule has 0 radical (unpaired) electrons. The van der Waals surface area contributed by atoms with Crippen LogP contribution in [0.4, 0.5) is 18.0 Å². The number of carbonyl (C=O) groups is 2. The second-order valence-electron chi connectivity index (χ2n) is 6.00. The maximum Gasteiger partial charge on any atom is 0.407 e. The van der Waals surface area contributed by atoms with Crippen LogP contribution in [0.25, 0.3) is 0 Å². The summed E-state index contributed by atoms with van der Waals surface area (Å²) in [4.78, 5) is 22.5. The van der Waals surface area contributed by atoms with Crippen LogP contribution in [0.3, 0.4) is 0 Å². The fraction of sp³-hybridized carbons (Fsp3) is 0.529. The lowest BCUT2D eigenvalue weighted by atomic mass is 10.0. The topological polar surface area (TPSA) is 75.6 Å². The number of halogens is 3. The first kappa shape index (κ1) is 22.8. The molecular formula is C17H24F3NO4. The number of amides is 1. The van der Waals surface area contributed by atoms with Crippen molar-refractivity contribution in [3.05, 3.63) is 35.1 Å². The van der Waals surface area contributed by atoms with Crippen molar-refractivity contribution >= 4 is 12.1 Å². The van der Waals surface area contributed by atoms with Gasteiger partial charge in [0.25, 0.3) is 0 Å². The molecule has 0 aliphatic rings. The molecule has 1 aromatic rings. The summed E-state index contributed by atoms with van der Waals surface area (Å²) in [5, 5.41) is 11.1. The van der Waals surface area contributed by atoms with Gasteiger partial charge in [-0.25, -0.2) is 18.0 Å². The minimum absolute atomic E-state index is 0.244. The van der Waals surface area contributed by atoms with E-state index in [4.69, 9.17) is 9.84 Å². The lowest BCUT2D eigenvalue weighted by molar-refractivity contribution is -0.137. The second kappa shape index (κ2) is 9.90. The summed E-state index contributed by atoms with van der Waals surface area (Å²) in [5.41, 5.74) is -1.04. The zero-order valence-corrected chi connectivity index (χ0v) is 15.0. The van der Waals surface area contributed by atoms with E-state index in [1.165, 1.54) is 0 Å². The molecule has 142 valence electrons. The molecule has 8 heteroatoms. The maximum atomic E-state index is 13.6. The van der Waals surface area contributed by atoms with E-state index in [1.807, 2.05) is 13.8 Å². The predicted octanol–water partition coefficient (Wildman–Crippen LogP) is 4.04. The van der Waals surface area contributed by atoms with Crippen molar-refractivity contribution in [2.75, 3.05) is 0 Å². The van der Waals surface area contributed by atoms with E-state index in [-0.39, 0.29) is 12.0 Å². The molecule has 0 saturated heterocycles. The first-order valence-electron chi connectivity index (χ1n) is 7.82. The Labute approximate surface area is 145 Å². The van der Waals surface area contributed by atoms with Crippen molar-refractivity contribution in [2.24, 2.45) is 0 Å². The van der Waals surface area contributed by atoms with Gasteiger partial charge >= 0.3 is 12.1 Å². The molecule has 0 aliphatic carbocycles. The van der Waals surface area contributed by atoms with Gasteiger partial charge in [-0.3, -0.25) is 4.79 Å². The van der Waals surface area contributed by atoms with Crippen LogP contribution in [0.15, 0.2) is 12.1 Å². The van der Waals surface area contributed by atoms with E-state index in [2.05, 4.69) is 5.32 Å². The minimum Gasteiger partial charge on any atom is -0.481 e. The number of carboxylic acid groups (broad SMARTS) is 1. The van der Waals surface area contributed by atoms with E-state index >= 15 is 0 Å². The largest absolute Gasteiger partial charge is 0.481 e. The van der Waals surface area contributed by atoms with Crippen LogP contribution in [0, 0.1) is 17.5 Å². The highest BCUT2D eigenvalue weighted by atomic mass is 19.2. The number of alkyl carbamates (subject to hydrolysis) is 1. The molecule has 0 bridgehead atoms. The highest BCUT2D eigenvalue weighted by Crippen LogP contribution is 2.17. The zero-order chi connectivity index (χ0) is 19.8. The number of aliphatic carboxylic acids is 1. The van der Waals surface area contributed by atoms with Crippen molar-refractivity contribution in [3.63, 3.8) is 0 Å². The zero-order valence-electron chi connectivity index (χ0n) is 15.0. The monoisotopic (exact) mass is 363 g/mol. The quantitative estimate of drug-likeness (QED) is 0.774. The van der Waals surface area contributed by atoms with Gasteiger partial charge in [-0.15, -0.1) is 0 Å². The molecule has 1 aromatic carbocycles. The molecule has 0 fully saturated rings. The van der Waals surface area contributed by atoms with Crippen molar-refractivity contribution in [3.8, 4) is 0 Å². The van der Waals surface area contributed by atoms with Crippen LogP contribution in [0.2, 0.25) is 0 Å². The lowest BCUT2D eigenvalue weighted by Crippen LogP contribution is -2.41. The summed E-state index contributed by atoms with van der Waals surface area (Å²) >= 11 is 0. The minimum atomic E-state index is -1.35. The van der Waals surface area contributed by atoms with E-state index in [0.29, 0.717) is 12.1 Å². The highest BCUT2D eigenvalue weighted by Gasteiger charge is 2.23. The molecule has 0 saturated carbocycles. The Morgan fingerprint density at radius 2 is 1.64 bits per heavy atom. The number of benzene rings is 1. The van der Waals surface area contributed by atoms with Gasteiger partial charge in [0, 0.05) is 12.1 Å². The van der Waals surface area contributed by atoms with Crippen molar-refractivity contribution < 1.29 is 32.6 Å². The molecule has 0 aromatic heterocycles. The first-order valence-corrected chi connectivity index (χ1v) is 7.82. The van der Waals surface area contributed by atoms with Crippen LogP contribution in [0.5, 0.6) is 0 Å². The molecular weight excluding hydrogens is 339 g/mol. The van der Waals surface area contributed by atoms with E-state index in [0.717, 1.165) is 0 Å². The third-order valence-electron chi connectivity index (χ3n) is 2.70. The number of carbonyl (C=O) groups excluding carboxylic acids is 1. The molecule has 0 spiro atoms. The highest BCUT2D eigenvalue weighted by molar-refractivity contribution is 5.71. The molecule has 1 atom stereocenters. The van der Waals surface area contributed by atoms with Gasteiger partial charge < -0.3 is 15.2 Å². The van der Waals surface area contributed by atoms with Gasteiger partial charge in [0.05, 0.1) is 6.42 Å². The molecule has 2 N–H and O–H groups in total. The van der Waals surface area contributed by atoms with Crippen molar-refractivity contribution in [1.82, 2.24) is 5.32 Å². The summed E-state index contributed by atoms with van der Waals surface area (Å²) in [6, 6.07) is -0.0339. The average molecular weight is 363 g/mol. The van der Waals surface area contributed by atoms with Gasteiger partial charge in [0.15, 0.2) is 11.6 Å². The third-order valence-corrected chi connectivity index (χ3v) is 2.70. The van der Waals surface area contributed by atoms with E-state index < -0.39 is 47.6 Å². The standard InChI is InChI=1S/C15H18F3NO4.C2H6/c1-15(2,3)23-14(22)19-9(6-13(20)21)4-8-5-11(17)12(18)7-10(8)16;1-2/h5,7,9H,4,6H2,1-3H3,(H,19,22)(H,20,21);1-2H3/t9-;/m1./s1. The normalized spacial score (nSPS) is 11.8. The summed E-state index contributed by atoms with van der Waals surface area (Å²) in [5.74, 6) is -4.87. The Bertz CT molecular complexity index is 600. The number of hydrogen-bond acceptors (Lipinski definition) is 3. The number of rotatable bonds is 5. The molecule has 0 heterocycles. The van der Waals surface area contributed by atoms with Gasteiger partial charge in [-0.2, -0.15) is 0 Å². The van der Waals surface area contributed by atoms with Gasteiger partial charge in [0.2, 0.25) is 0 Å². The Hall–Kier alpha value is -2.25. The summed E-state index contributed by atoms with van der Waals surface area (Å²) in [6.45, 7) is 8.86. The molecule has 0 unspecified atom stereocenters. The van der Waals surface area contributed by atoms with Crippen LogP contribution >= 0.6 is 0 Å². The van der Waals surface area contributed by atoms with Crippen molar-refractivity contribution in [2.45, 2.75) is 59.1 Å². The van der Waals surface area contributed by atoms with Crippen LogP contribution in [0.1, 0.15) is 46.6 Å². The van der Waals surface area contributed by atoms with Gasteiger partial charge in [-0.05, 0) is 38.8 Å². The Morgan fingerprint density at radius 1 is 1.12 bits per heavy atom. The summed E-state index contributed by atoms with van der Waals surface area (Å²) < 4.78 is 44.7. The fourth-order valence-corrected chi connectivity index (χ4v) is 1.84. The molecule has 25 heavy (non-hydrogen) atoms.